The quantitative estimate of drug-likeness (QED) is 0.612. The van der Waals surface area contributed by atoms with Gasteiger partial charge in [0.15, 0.2) is 5.75 Å². The highest BCUT2D eigenvalue weighted by Crippen LogP contribution is 2.28. The third kappa shape index (κ3) is 2.83. The van der Waals surface area contributed by atoms with Crippen LogP contribution >= 0.6 is 0 Å². The van der Waals surface area contributed by atoms with E-state index in [0.29, 0.717) is 16.8 Å². The van der Waals surface area contributed by atoms with Gasteiger partial charge in [0.25, 0.3) is 5.91 Å². The Bertz CT molecular complexity index is 617. The zero-order chi connectivity index (χ0) is 14.5. The normalized spacial score (nSPS) is 10.1. The third-order valence-electron chi connectivity index (χ3n) is 2.73. The van der Waals surface area contributed by atoms with Crippen molar-refractivity contribution in [3.05, 3.63) is 47.5 Å². The molecular formula is C13H14N4O3. The van der Waals surface area contributed by atoms with Crippen LogP contribution in [0.4, 0.5) is 5.69 Å². The van der Waals surface area contributed by atoms with Crippen LogP contribution in [0.15, 0.2) is 30.7 Å². The lowest BCUT2D eigenvalue weighted by Crippen LogP contribution is -2.30. The zero-order valence-electron chi connectivity index (χ0n) is 10.8. The highest BCUT2D eigenvalue weighted by Gasteiger charge is 2.12. The first-order chi connectivity index (χ1) is 9.63. The predicted molar refractivity (Wildman–Crippen MR) is 71.9 cm³/mol. The van der Waals surface area contributed by atoms with E-state index in [-0.39, 0.29) is 24.0 Å². The molecule has 7 heteroatoms. The van der Waals surface area contributed by atoms with Crippen molar-refractivity contribution in [1.29, 1.82) is 0 Å². The molecule has 0 fully saturated rings. The number of hydrazine groups is 1. The van der Waals surface area contributed by atoms with Gasteiger partial charge in [-0.15, -0.1) is 0 Å². The summed E-state index contributed by atoms with van der Waals surface area (Å²) in [7, 11) is 0. The van der Waals surface area contributed by atoms with Gasteiger partial charge in [-0.2, -0.15) is 0 Å². The molecule has 4 N–H and O–H groups in total. The van der Waals surface area contributed by atoms with Gasteiger partial charge in [-0.05, 0) is 19.1 Å². The molecule has 0 aliphatic carbocycles. The number of carbonyl (C=O) groups excluding carboxylic acids is 1. The maximum absolute atomic E-state index is 11.9. The molecule has 20 heavy (non-hydrogen) atoms. The van der Waals surface area contributed by atoms with Crippen molar-refractivity contribution in [1.82, 2.24) is 15.4 Å². The van der Waals surface area contributed by atoms with Gasteiger partial charge in [-0.25, -0.2) is 0 Å². The number of nitrogens with one attached hydrogen (secondary N) is 2. The maximum atomic E-state index is 11.9. The van der Waals surface area contributed by atoms with E-state index in [0.717, 1.165) is 0 Å². The van der Waals surface area contributed by atoms with E-state index in [4.69, 9.17) is 0 Å². The minimum Gasteiger partial charge on any atom is -0.504 e. The first kappa shape index (κ1) is 13.8. The van der Waals surface area contributed by atoms with Crippen LogP contribution in [0.1, 0.15) is 21.6 Å². The highest BCUT2D eigenvalue weighted by molar-refractivity contribution is 5.94. The first-order valence-electron chi connectivity index (χ1n) is 5.88. The summed E-state index contributed by atoms with van der Waals surface area (Å²) in [5.41, 5.74) is 6.46. The number of pyridine rings is 2. The van der Waals surface area contributed by atoms with Crippen molar-refractivity contribution < 1.29 is 15.0 Å². The van der Waals surface area contributed by atoms with Gasteiger partial charge in [0.2, 0.25) is 0 Å². The summed E-state index contributed by atoms with van der Waals surface area (Å²) >= 11 is 0. The number of nitrogens with zero attached hydrogens (tertiary/aromatic N) is 2. The molecule has 0 unspecified atom stereocenters. The molecule has 0 aliphatic rings. The number of hydrogen-bond donors (Lipinski definition) is 4. The fourth-order valence-corrected chi connectivity index (χ4v) is 1.59. The van der Waals surface area contributed by atoms with E-state index in [1.165, 1.54) is 18.6 Å². The molecule has 7 nitrogen and oxygen atoms in total. The summed E-state index contributed by atoms with van der Waals surface area (Å²) in [6, 6.07) is 3.11. The second-order valence-electron chi connectivity index (χ2n) is 4.07. The van der Waals surface area contributed by atoms with Crippen molar-refractivity contribution in [3.8, 4) is 5.75 Å². The Labute approximate surface area is 115 Å². The fraction of sp³-hybridized carbons (Fsp3) is 0.154. The lowest BCUT2D eigenvalue weighted by molar-refractivity contribution is 0.0962. The molecule has 104 valence electrons. The minimum atomic E-state index is -0.384. The van der Waals surface area contributed by atoms with Gasteiger partial charge >= 0.3 is 0 Å². The lowest BCUT2D eigenvalue weighted by Gasteiger charge is -2.14. The van der Waals surface area contributed by atoms with Crippen LogP contribution in [-0.4, -0.2) is 26.1 Å². The molecule has 2 heterocycles. The maximum Gasteiger partial charge on any atom is 0.269 e. The summed E-state index contributed by atoms with van der Waals surface area (Å²) in [5.74, 6) is -0.503. The molecule has 0 aliphatic heterocycles. The summed E-state index contributed by atoms with van der Waals surface area (Å²) in [6.45, 7) is 1.31. The van der Waals surface area contributed by atoms with E-state index >= 15 is 0 Å². The van der Waals surface area contributed by atoms with E-state index in [2.05, 4.69) is 20.8 Å². The molecular weight excluding hydrogens is 260 g/mol. The molecule has 2 aromatic heterocycles. The number of rotatable bonds is 4. The lowest BCUT2D eigenvalue weighted by atomic mass is 10.2. The van der Waals surface area contributed by atoms with E-state index < -0.39 is 0 Å². The van der Waals surface area contributed by atoms with Crippen molar-refractivity contribution in [2.75, 3.05) is 5.43 Å². The Kier molecular flexibility index (Phi) is 4.11. The highest BCUT2D eigenvalue weighted by atomic mass is 16.3. The number of carbonyl (C=O) groups is 1. The van der Waals surface area contributed by atoms with Gasteiger partial charge in [0.1, 0.15) is 5.69 Å². The van der Waals surface area contributed by atoms with Gasteiger partial charge < -0.3 is 10.2 Å². The zero-order valence-corrected chi connectivity index (χ0v) is 10.8. The van der Waals surface area contributed by atoms with Crippen LogP contribution < -0.4 is 10.9 Å². The Morgan fingerprint density at radius 2 is 2.05 bits per heavy atom. The van der Waals surface area contributed by atoms with Crippen LogP contribution in [0.3, 0.4) is 0 Å². The molecule has 1 amide bonds. The van der Waals surface area contributed by atoms with Crippen molar-refractivity contribution >= 4 is 11.6 Å². The van der Waals surface area contributed by atoms with E-state index in [1.807, 2.05) is 0 Å². The first-order valence-corrected chi connectivity index (χ1v) is 5.88. The molecule has 0 atom stereocenters. The van der Waals surface area contributed by atoms with Crippen LogP contribution in [0, 0.1) is 6.92 Å². The Balaban J connectivity index is 2.15. The SMILES string of the molecule is Cc1ncc(CO)c(NNC(=O)c2ccncc2)c1O. The van der Waals surface area contributed by atoms with Gasteiger partial charge in [-0.3, -0.25) is 25.6 Å². The summed E-state index contributed by atoms with van der Waals surface area (Å²) in [5, 5.41) is 19.1. The summed E-state index contributed by atoms with van der Waals surface area (Å²) < 4.78 is 0. The number of hydrogen-bond acceptors (Lipinski definition) is 6. The van der Waals surface area contributed by atoms with Crippen molar-refractivity contribution in [2.45, 2.75) is 13.5 Å². The Morgan fingerprint density at radius 1 is 1.35 bits per heavy atom. The van der Waals surface area contributed by atoms with E-state index in [9.17, 15) is 15.0 Å². The number of aromatic nitrogens is 2. The van der Waals surface area contributed by atoms with Crippen LogP contribution in [-0.2, 0) is 6.61 Å². The van der Waals surface area contributed by atoms with Crippen LogP contribution in [0.2, 0.25) is 0 Å². The number of aliphatic hydroxyl groups excluding tert-OH is 1. The standard InChI is InChI=1S/C13H14N4O3/c1-8-12(19)11(10(7-18)6-15-8)16-17-13(20)9-2-4-14-5-3-9/h2-6,18-19H,7H2,1H3,(H,15,16)(H,17,20). The predicted octanol–water partition coefficient (Wildman–Crippen LogP) is 0.740. The Hall–Kier alpha value is -2.67. The minimum absolute atomic E-state index is 0.119. The smallest absolute Gasteiger partial charge is 0.269 e. The summed E-state index contributed by atoms with van der Waals surface area (Å²) in [6.07, 6.45) is 4.43. The summed E-state index contributed by atoms with van der Waals surface area (Å²) in [4.78, 5) is 19.6. The molecule has 0 spiro atoms. The number of aryl methyl sites for hydroxylation is 1. The van der Waals surface area contributed by atoms with E-state index in [1.54, 1.807) is 19.1 Å². The largest absolute Gasteiger partial charge is 0.504 e. The second kappa shape index (κ2) is 5.98. The number of aromatic hydroxyl groups is 1. The third-order valence-corrected chi connectivity index (χ3v) is 2.73. The number of amides is 1. The van der Waals surface area contributed by atoms with Crippen LogP contribution in [0.5, 0.6) is 5.75 Å². The molecule has 0 saturated heterocycles. The Morgan fingerprint density at radius 3 is 2.70 bits per heavy atom. The molecule has 0 radical (unpaired) electrons. The van der Waals surface area contributed by atoms with Gasteiger partial charge in [0.05, 0.1) is 12.3 Å². The second-order valence-corrected chi connectivity index (χ2v) is 4.07. The van der Waals surface area contributed by atoms with Gasteiger partial charge in [-0.1, -0.05) is 0 Å². The van der Waals surface area contributed by atoms with Gasteiger partial charge in [0, 0.05) is 29.7 Å². The molecule has 0 saturated carbocycles. The molecule has 2 aromatic rings. The van der Waals surface area contributed by atoms with Crippen LogP contribution in [0.25, 0.3) is 0 Å². The number of anilines is 1. The molecule has 0 bridgehead atoms. The van der Waals surface area contributed by atoms with Crippen molar-refractivity contribution in [2.24, 2.45) is 0 Å². The average molecular weight is 274 g/mol. The van der Waals surface area contributed by atoms with Crippen molar-refractivity contribution in [3.63, 3.8) is 0 Å². The average Bonchev–Trinajstić information content (AvgIpc) is 2.49. The molecule has 2 rings (SSSR count). The number of aliphatic hydroxyl groups is 1. The fourth-order valence-electron chi connectivity index (χ4n) is 1.59. The topological polar surface area (TPSA) is 107 Å². The monoisotopic (exact) mass is 274 g/mol. The molecule has 0 aromatic carbocycles.